The Morgan fingerprint density at radius 1 is 1.25 bits per heavy atom. The molecule has 1 fully saturated rings. The zero-order valence-electron chi connectivity index (χ0n) is 13.0. The van der Waals surface area contributed by atoms with E-state index >= 15 is 0 Å². The van der Waals surface area contributed by atoms with Gasteiger partial charge in [-0.05, 0) is 56.6 Å². The van der Waals surface area contributed by atoms with E-state index in [1.165, 1.54) is 30.6 Å². The predicted molar refractivity (Wildman–Crippen MR) is 87.2 cm³/mol. The monoisotopic (exact) mass is 275 g/mol. The van der Waals surface area contributed by atoms with E-state index in [1.54, 1.807) is 0 Å². The van der Waals surface area contributed by atoms with Gasteiger partial charge in [-0.25, -0.2) is 0 Å². The van der Waals surface area contributed by atoms with Gasteiger partial charge < -0.3 is 10.6 Å². The van der Waals surface area contributed by atoms with Crippen molar-refractivity contribution in [2.75, 3.05) is 38.0 Å². The summed E-state index contributed by atoms with van der Waals surface area (Å²) in [7, 11) is 0. The molecule has 20 heavy (non-hydrogen) atoms. The van der Waals surface area contributed by atoms with Crippen LogP contribution in [0.15, 0.2) is 24.3 Å². The van der Waals surface area contributed by atoms with Crippen LogP contribution >= 0.6 is 0 Å². The summed E-state index contributed by atoms with van der Waals surface area (Å²) in [4.78, 5) is 2.46. The molecule has 1 heterocycles. The van der Waals surface area contributed by atoms with Crippen molar-refractivity contribution in [2.24, 2.45) is 5.92 Å². The van der Waals surface area contributed by atoms with E-state index in [9.17, 15) is 0 Å². The Hall–Kier alpha value is -1.06. The molecule has 3 nitrogen and oxygen atoms in total. The molecule has 1 aliphatic heterocycles. The van der Waals surface area contributed by atoms with Crippen molar-refractivity contribution in [2.45, 2.75) is 33.2 Å². The van der Waals surface area contributed by atoms with Crippen molar-refractivity contribution in [3.05, 3.63) is 29.8 Å². The maximum absolute atomic E-state index is 3.67. The number of hydrogen-bond donors (Lipinski definition) is 2. The summed E-state index contributed by atoms with van der Waals surface area (Å²) in [6.45, 7) is 11.1. The molecule has 2 N–H and O–H groups in total. The Morgan fingerprint density at radius 2 is 2.05 bits per heavy atom. The largest absolute Gasteiger partial charge is 0.384 e. The second-order valence-electron chi connectivity index (χ2n) is 5.71. The van der Waals surface area contributed by atoms with Crippen LogP contribution < -0.4 is 10.6 Å². The van der Waals surface area contributed by atoms with Crippen molar-refractivity contribution >= 4 is 5.69 Å². The zero-order valence-corrected chi connectivity index (χ0v) is 13.0. The minimum atomic E-state index is 0.769. The van der Waals surface area contributed by atoms with Gasteiger partial charge in [0.2, 0.25) is 0 Å². The van der Waals surface area contributed by atoms with Crippen LogP contribution in [-0.4, -0.2) is 37.6 Å². The summed E-state index contributed by atoms with van der Waals surface area (Å²) in [5, 5.41) is 7.16. The molecule has 1 aromatic carbocycles. The van der Waals surface area contributed by atoms with E-state index in [0.29, 0.717) is 0 Å². The number of para-hydroxylation sites is 1. The van der Waals surface area contributed by atoms with Gasteiger partial charge in [0.15, 0.2) is 0 Å². The second-order valence-corrected chi connectivity index (χ2v) is 5.71. The molecule has 0 saturated carbocycles. The number of nitrogens with zero attached hydrogens (tertiary/aromatic N) is 1. The summed E-state index contributed by atoms with van der Waals surface area (Å²) in [6, 6.07) is 8.74. The zero-order chi connectivity index (χ0) is 14.2. The van der Waals surface area contributed by atoms with Gasteiger partial charge in [-0.1, -0.05) is 32.0 Å². The van der Waals surface area contributed by atoms with Crippen LogP contribution in [-0.2, 0) is 6.54 Å². The van der Waals surface area contributed by atoms with Crippen molar-refractivity contribution in [3.63, 3.8) is 0 Å². The molecule has 1 unspecified atom stereocenters. The van der Waals surface area contributed by atoms with Gasteiger partial charge in [-0.2, -0.15) is 0 Å². The second kappa shape index (κ2) is 8.28. The SMILES string of the molecule is CCN(CC)Cc1ccccc1NCC1CCCNC1. The predicted octanol–water partition coefficient (Wildman–Crippen LogP) is 2.94. The lowest BCUT2D eigenvalue weighted by Crippen LogP contribution is -2.33. The van der Waals surface area contributed by atoms with Crippen LogP contribution in [0.3, 0.4) is 0 Å². The van der Waals surface area contributed by atoms with E-state index in [2.05, 4.69) is 53.6 Å². The molecule has 0 amide bonds. The smallest absolute Gasteiger partial charge is 0.0385 e. The first kappa shape index (κ1) is 15.3. The minimum Gasteiger partial charge on any atom is -0.384 e. The number of piperidine rings is 1. The van der Waals surface area contributed by atoms with Gasteiger partial charge in [0, 0.05) is 18.8 Å². The Kier molecular flexibility index (Phi) is 6.34. The Bertz CT molecular complexity index is 382. The molecule has 1 aromatic rings. The average Bonchev–Trinajstić information content (AvgIpc) is 2.52. The van der Waals surface area contributed by atoms with E-state index in [0.717, 1.165) is 38.6 Å². The normalized spacial score (nSPS) is 19.2. The maximum Gasteiger partial charge on any atom is 0.0385 e. The summed E-state index contributed by atoms with van der Waals surface area (Å²) >= 11 is 0. The maximum atomic E-state index is 3.67. The quantitative estimate of drug-likeness (QED) is 0.801. The molecular weight excluding hydrogens is 246 g/mol. The van der Waals surface area contributed by atoms with Crippen molar-refractivity contribution in [3.8, 4) is 0 Å². The van der Waals surface area contributed by atoms with Gasteiger partial charge in [0.1, 0.15) is 0 Å². The van der Waals surface area contributed by atoms with Crippen LogP contribution in [0.25, 0.3) is 0 Å². The topological polar surface area (TPSA) is 27.3 Å². The number of benzene rings is 1. The van der Waals surface area contributed by atoms with Gasteiger partial charge in [0.25, 0.3) is 0 Å². The molecular formula is C17H29N3. The number of rotatable bonds is 7. The summed E-state index contributed by atoms with van der Waals surface area (Å²) in [6.07, 6.45) is 2.66. The lowest BCUT2D eigenvalue weighted by Gasteiger charge is -2.25. The molecule has 3 heteroatoms. The molecule has 0 aliphatic carbocycles. The summed E-state index contributed by atoms with van der Waals surface area (Å²) in [5.41, 5.74) is 2.73. The summed E-state index contributed by atoms with van der Waals surface area (Å²) < 4.78 is 0. The molecule has 1 saturated heterocycles. The van der Waals surface area contributed by atoms with E-state index in [1.807, 2.05) is 0 Å². The lowest BCUT2D eigenvalue weighted by atomic mass is 9.99. The summed E-state index contributed by atoms with van der Waals surface area (Å²) in [5.74, 6) is 0.769. The van der Waals surface area contributed by atoms with Gasteiger partial charge in [0.05, 0.1) is 0 Å². The van der Waals surface area contributed by atoms with Crippen LogP contribution in [0.2, 0.25) is 0 Å². The molecule has 112 valence electrons. The molecule has 0 bridgehead atoms. The van der Waals surface area contributed by atoms with E-state index in [4.69, 9.17) is 0 Å². The highest BCUT2D eigenvalue weighted by Crippen LogP contribution is 2.19. The third-order valence-electron chi connectivity index (χ3n) is 4.29. The average molecular weight is 275 g/mol. The molecule has 0 aromatic heterocycles. The Balaban J connectivity index is 1.92. The first-order chi connectivity index (χ1) is 9.83. The molecule has 1 aliphatic rings. The third-order valence-corrected chi connectivity index (χ3v) is 4.29. The first-order valence-electron chi connectivity index (χ1n) is 8.08. The van der Waals surface area contributed by atoms with Crippen molar-refractivity contribution in [1.29, 1.82) is 0 Å². The van der Waals surface area contributed by atoms with Gasteiger partial charge in [-0.15, -0.1) is 0 Å². The van der Waals surface area contributed by atoms with Gasteiger partial charge in [-0.3, -0.25) is 4.90 Å². The van der Waals surface area contributed by atoms with Gasteiger partial charge >= 0.3 is 0 Å². The van der Waals surface area contributed by atoms with Crippen LogP contribution in [0, 0.1) is 5.92 Å². The Morgan fingerprint density at radius 3 is 2.75 bits per heavy atom. The highest BCUT2D eigenvalue weighted by molar-refractivity contribution is 5.51. The highest BCUT2D eigenvalue weighted by Gasteiger charge is 2.13. The van der Waals surface area contributed by atoms with Crippen LogP contribution in [0.5, 0.6) is 0 Å². The number of hydrogen-bond acceptors (Lipinski definition) is 3. The van der Waals surface area contributed by atoms with E-state index in [-0.39, 0.29) is 0 Å². The standard InChI is InChI=1S/C17H29N3/c1-3-20(4-2)14-16-9-5-6-10-17(16)19-13-15-8-7-11-18-12-15/h5-6,9-10,15,18-19H,3-4,7-8,11-14H2,1-2H3. The third kappa shape index (κ3) is 4.50. The molecule has 0 spiro atoms. The molecule has 2 rings (SSSR count). The fraction of sp³-hybridized carbons (Fsp3) is 0.647. The van der Waals surface area contributed by atoms with E-state index < -0.39 is 0 Å². The fourth-order valence-electron chi connectivity index (χ4n) is 2.87. The number of anilines is 1. The minimum absolute atomic E-state index is 0.769. The van der Waals surface area contributed by atoms with Crippen molar-refractivity contribution < 1.29 is 0 Å². The lowest BCUT2D eigenvalue weighted by molar-refractivity contribution is 0.296. The Labute approximate surface area is 123 Å². The number of nitrogens with one attached hydrogen (secondary N) is 2. The van der Waals surface area contributed by atoms with Crippen molar-refractivity contribution in [1.82, 2.24) is 10.2 Å². The highest BCUT2D eigenvalue weighted by atomic mass is 15.1. The molecule has 0 radical (unpaired) electrons. The van der Waals surface area contributed by atoms with Crippen LogP contribution in [0.1, 0.15) is 32.3 Å². The molecule has 1 atom stereocenters. The first-order valence-corrected chi connectivity index (χ1v) is 8.08. The fourth-order valence-corrected chi connectivity index (χ4v) is 2.87. The van der Waals surface area contributed by atoms with Crippen LogP contribution in [0.4, 0.5) is 5.69 Å².